The Morgan fingerprint density at radius 2 is 2.44 bits per heavy atom. The molecule has 1 saturated heterocycles. The second kappa shape index (κ2) is 6.70. The molecule has 5 heteroatoms. The predicted octanol–water partition coefficient (Wildman–Crippen LogP) is 2.41. The first kappa shape index (κ1) is 14.1. The Hall–Kier alpha value is -0.360. The molecule has 102 valence electrons. The molecule has 0 aromatic carbocycles. The quantitative estimate of drug-likeness (QED) is 0.905. The lowest BCUT2D eigenvalue weighted by atomic mass is 10.1. The van der Waals surface area contributed by atoms with E-state index in [2.05, 4.69) is 40.1 Å². The van der Waals surface area contributed by atoms with E-state index in [4.69, 9.17) is 9.15 Å². The minimum absolute atomic E-state index is 0.108. The average Bonchev–Trinajstić information content (AvgIpc) is 2.77. The second-order valence-electron chi connectivity index (χ2n) is 4.74. The van der Waals surface area contributed by atoms with Crippen molar-refractivity contribution in [1.29, 1.82) is 0 Å². The highest BCUT2D eigenvalue weighted by atomic mass is 79.9. The third-order valence-corrected chi connectivity index (χ3v) is 3.86. The Labute approximate surface area is 117 Å². The first-order valence-corrected chi connectivity index (χ1v) is 7.28. The van der Waals surface area contributed by atoms with Crippen molar-refractivity contribution in [1.82, 2.24) is 10.2 Å². The van der Waals surface area contributed by atoms with Gasteiger partial charge in [0.1, 0.15) is 5.76 Å². The molecule has 2 unspecified atom stereocenters. The van der Waals surface area contributed by atoms with Crippen molar-refractivity contribution in [2.75, 3.05) is 33.3 Å². The van der Waals surface area contributed by atoms with E-state index in [9.17, 15) is 0 Å². The van der Waals surface area contributed by atoms with E-state index in [-0.39, 0.29) is 12.1 Å². The SMILES string of the molecule is CCCNC(c1occc1Br)C1CN(C)CCO1. The molecule has 0 radical (unpaired) electrons. The number of morpholine rings is 1. The molecule has 1 aromatic rings. The standard InChI is InChI=1S/C13H21BrN2O2/c1-3-5-15-12(13-10(14)4-7-18-13)11-9-16(2)6-8-17-11/h4,7,11-12,15H,3,5-6,8-9H2,1-2H3. The van der Waals surface area contributed by atoms with Crippen LogP contribution in [0.4, 0.5) is 0 Å². The molecule has 1 aliphatic heterocycles. The van der Waals surface area contributed by atoms with Crippen LogP contribution in [0, 0.1) is 0 Å². The Bertz CT molecular complexity index is 370. The Morgan fingerprint density at radius 3 is 3.06 bits per heavy atom. The lowest BCUT2D eigenvalue weighted by Crippen LogP contribution is -2.46. The summed E-state index contributed by atoms with van der Waals surface area (Å²) in [5.41, 5.74) is 0. The number of nitrogens with one attached hydrogen (secondary N) is 1. The van der Waals surface area contributed by atoms with Gasteiger partial charge in [-0.3, -0.25) is 0 Å². The zero-order chi connectivity index (χ0) is 13.0. The van der Waals surface area contributed by atoms with E-state index >= 15 is 0 Å². The Morgan fingerprint density at radius 1 is 1.61 bits per heavy atom. The predicted molar refractivity (Wildman–Crippen MR) is 74.7 cm³/mol. The molecule has 1 N–H and O–H groups in total. The van der Waals surface area contributed by atoms with Crippen molar-refractivity contribution in [3.63, 3.8) is 0 Å². The lowest BCUT2D eigenvalue weighted by Gasteiger charge is -2.35. The summed E-state index contributed by atoms with van der Waals surface area (Å²) in [7, 11) is 2.13. The molecule has 0 spiro atoms. The van der Waals surface area contributed by atoms with Gasteiger partial charge in [0.25, 0.3) is 0 Å². The zero-order valence-electron chi connectivity index (χ0n) is 11.0. The van der Waals surface area contributed by atoms with Gasteiger partial charge in [-0.25, -0.2) is 0 Å². The molecule has 4 nitrogen and oxygen atoms in total. The zero-order valence-corrected chi connectivity index (χ0v) is 12.6. The van der Waals surface area contributed by atoms with E-state index < -0.39 is 0 Å². The summed E-state index contributed by atoms with van der Waals surface area (Å²) >= 11 is 3.54. The highest BCUT2D eigenvalue weighted by Gasteiger charge is 2.30. The van der Waals surface area contributed by atoms with Gasteiger partial charge < -0.3 is 19.4 Å². The summed E-state index contributed by atoms with van der Waals surface area (Å²) in [6, 6.07) is 2.04. The van der Waals surface area contributed by atoms with Crippen LogP contribution in [0.25, 0.3) is 0 Å². The maximum atomic E-state index is 5.90. The summed E-state index contributed by atoms with van der Waals surface area (Å²) in [5.74, 6) is 0.934. The van der Waals surface area contributed by atoms with Gasteiger partial charge in [-0.2, -0.15) is 0 Å². The van der Waals surface area contributed by atoms with Gasteiger partial charge in [-0.15, -0.1) is 0 Å². The number of ether oxygens (including phenoxy) is 1. The molecule has 2 atom stereocenters. The van der Waals surface area contributed by atoms with Crippen molar-refractivity contribution < 1.29 is 9.15 Å². The van der Waals surface area contributed by atoms with Crippen LogP contribution in [0.3, 0.4) is 0 Å². The molecule has 0 saturated carbocycles. The van der Waals surface area contributed by atoms with Gasteiger partial charge in [-0.1, -0.05) is 6.92 Å². The van der Waals surface area contributed by atoms with E-state index in [1.165, 1.54) is 0 Å². The Kier molecular flexibility index (Phi) is 5.24. The van der Waals surface area contributed by atoms with Crippen molar-refractivity contribution in [2.45, 2.75) is 25.5 Å². The highest BCUT2D eigenvalue weighted by Crippen LogP contribution is 2.29. The molecule has 2 rings (SSSR count). The number of nitrogens with zero attached hydrogens (tertiary/aromatic N) is 1. The van der Waals surface area contributed by atoms with Crippen molar-refractivity contribution in [3.05, 3.63) is 22.6 Å². The van der Waals surface area contributed by atoms with Crippen molar-refractivity contribution in [2.24, 2.45) is 0 Å². The van der Waals surface area contributed by atoms with Crippen LogP contribution in [0.5, 0.6) is 0 Å². The molecule has 18 heavy (non-hydrogen) atoms. The van der Waals surface area contributed by atoms with Crippen LogP contribution < -0.4 is 5.32 Å². The van der Waals surface area contributed by atoms with Crippen molar-refractivity contribution in [3.8, 4) is 0 Å². The highest BCUT2D eigenvalue weighted by molar-refractivity contribution is 9.10. The maximum absolute atomic E-state index is 5.90. The normalized spacial score (nSPS) is 23.2. The summed E-state index contributed by atoms with van der Waals surface area (Å²) in [4.78, 5) is 2.30. The number of furan rings is 1. The summed E-state index contributed by atoms with van der Waals surface area (Å²) in [6.45, 7) is 5.82. The molecule has 0 bridgehead atoms. The molecular weight excluding hydrogens is 296 g/mol. The van der Waals surface area contributed by atoms with Crippen LogP contribution in [0.15, 0.2) is 21.2 Å². The summed E-state index contributed by atoms with van der Waals surface area (Å²) < 4.78 is 12.5. The van der Waals surface area contributed by atoms with Gasteiger partial charge >= 0.3 is 0 Å². The fourth-order valence-electron chi connectivity index (χ4n) is 2.23. The van der Waals surface area contributed by atoms with Gasteiger partial charge in [0.05, 0.1) is 29.5 Å². The van der Waals surface area contributed by atoms with Gasteiger partial charge in [0.15, 0.2) is 0 Å². The average molecular weight is 317 g/mol. The number of likely N-dealkylation sites (N-methyl/N-ethyl adjacent to an activating group) is 1. The van der Waals surface area contributed by atoms with E-state index in [1.807, 2.05) is 6.07 Å². The molecule has 1 aliphatic rings. The molecule has 0 amide bonds. The minimum atomic E-state index is 0.108. The van der Waals surface area contributed by atoms with E-state index in [1.54, 1.807) is 6.26 Å². The van der Waals surface area contributed by atoms with E-state index in [0.717, 1.165) is 42.9 Å². The van der Waals surface area contributed by atoms with Gasteiger partial charge in [0, 0.05) is 13.1 Å². The maximum Gasteiger partial charge on any atom is 0.137 e. The largest absolute Gasteiger partial charge is 0.466 e. The Balaban J connectivity index is 2.11. The number of rotatable bonds is 5. The van der Waals surface area contributed by atoms with Crippen LogP contribution >= 0.6 is 15.9 Å². The van der Waals surface area contributed by atoms with E-state index in [0.29, 0.717) is 0 Å². The lowest BCUT2D eigenvalue weighted by molar-refractivity contribution is -0.0428. The first-order chi connectivity index (χ1) is 8.72. The smallest absolute Gasteiger partial charge is 0.137 e. The fourth-order valence-corrected chi connectivity index (χ4v) is 2.68. The summed E-state index contributed by atoms with van der Waals surface area (Å²) in [6.07, 6.45) is 2.95. The fraction of sp³-hybridized carbons (Fsp3) is 0.692. The summed E-state index contributed by atoms with van der Waals surface area (Å²) in [5, 5.41) is 3.53. The molecular formula is C13H21BrN2O2. The van der Waals surface area contributed by atoms with Crippen LogP contribution in [-0.4, -0.2) is 44.3 Å². The number of hydrogen-bond acceptors (Lipinski definition) is 4. The third-order valence-electron chi connectivity index (χ3n) is 3.21. The van der Waals surface area contributed by atoms with Gasteiger partial charge in [-0.05, 0) is 42.0 Å². The molecule has 1 fully saturated rings. The second-order valence-corrected chi connectivity index (χ2v) is 5.59. The molecule has 2 heterocycles. The van der Waals surface area contributed by atoms with Crippen LogP contribution in [-0.2, 0) is 4.74 Å². The minimum Gasteiger partial charge on any atom is -0.466 e. The molecule has 1 aromatic heterocycles. The van der Waals surface area contributed by atoms with Crippen molar-refractivity contribution >= 4 is 15.9 Å². The van der Waals surface area contributed by atoms with Crippen LogP contribution in [0.2, 0.25) is 0 Å². The van der Waals surface area contributed by atoms with Crippen LogP contribution in [0.1, 0.15) is 25.1 Å². The van der Waals surface area contributed by atoms with Gasteiger partial charge in [0.2, 0.25) is 0 Å². The molecule has 0 aliphatic carbocycles. The number of halogens is 1. The number of hydrogen-bond donors (Lipinski definition) is 1. The third kappa shape index (κ3) is 3.35. The monoisotopic (exact) mass is 316 g/mol. The topological polar surface area (TPSA) is 37.6 Å². The first-order valence-electron chi connectivity index (χ1n) is 6.48.